The lowest BCUT2D eigenvalue weighted by Crippen LogP contribution is -1.90. The summed E-state index contributed by atoms with van der Waals surface area (Å²) < 4.78 is 1.68. The highest BCUT2D eigenvalue weighted by Crippen LogP contribution is 2.34. The number of non-ortho nitro benzene ring substituents is 1. The summed E-state index contributed by atoms with van der Waals surface area (Å²) in [6.45, 7) is 1.99. The Bertz CT molecular complexity index is 821. The smallest absolute Gasteiger partial charge is 0.267 e. The van der Waals surface area contributed by atoms with Gasteiger partial charge in [0.25, 0.3) is 5.69 Å². The van der Waals surface area contributed by atoms with E-state index < -0.39 is 0 Å². The Morgan fingerprint density at radius 1 is 1.20 bits per heavy atom. The normalized spacial score (nSPS) is 10.9. The van der Waals surface area contributed by atoms with Gasteiger partial charge < -0.3 is 0 Å². The first kappa shape index (κ1) is 12.3. The van der Waals surface area contributed by atoms with Gasteiger partial charge in [-0.25, -0.2) is 0 Å². The van der Waals surface area contributed by atoms with Crippen LogP contribution in [0.25, 0.3) is 22.2 Å². The molecule has 3 rings (SSSR count). The fourth-order valence-electron chi connectivity index (χ4n) is 2.44. The molecule has 100 valence electrons. The summed E-state index contributed by atoms with van der Waals surface area (Å²) in [5.41, 5.74) is 3.49. The van der Waals surface area contributed by atoms with Crippen LogP contribution in [0.2, 0.25) is 0 Å². The Kier molecular flexibility index (Phi) is 2.75. The molecule has 0 radical (unpaired) electrons. The lowest BCUT2D eigenvalue weighted by atomic mass is 10.0. The molecule has 0 unspecified atom stereocenters. The van der Waals surface area contributed by atoms with E-state index in [-0.39, 0.29) is 10.6 Å². The maximum Gasteiger partial charge on any atom is 0.281 e. The summed E-state index contributed by atoms with van der Waals surface area (Å²) in [5, 5.41) is 16.3. The van der Waals surface area contributed by atoms with E-state index in [1.54, 1.807) is 17.8 Å². The van der Waals surface area contributed by atoms with E-state index in [1.165, 1.54) is 6.07 Å². The minimum atomic E-state index is -0.358. The van der Waals surface area contributed by atoms with Crippen molar-refractivity contribution in [1.82, 2.24) is 9.78 Å². The summed E-state index contributed by atoms with van der Waals surface area (Å²) in [6, 6.07) is 12.9. The standard InChI is InChI=1S/C15H13N3O2/c1-10-5-3-6-11(9-10)15-14-12(17(2)16-15)7-4-8-13(14)18(19)20/h3-9H,1-2H3. The van der Waals surface area contributed by atoms with E-state index in [4.69, 9.17) is 0 Å². The number of nitro groups is 1. The van der Waals surface area contributed by atoms with E-state index in [9.17, 15) is 10.1 Å². The molecule has 5 heteroatoms. The molecule has 0 N–H and O–H groups in total. The Hall–Kier alpha value is -2.69. The zero-order valence-corrected chi connectivity index (χ0v) is 11.2. The van der Waals surface area contributed by atoms with Crippen molar-refractivity contribution in [2.24, 2.45) is 7.05 Å². The largest absolute Gasteiger partial charge is 0.281 e. The highest BCUT2D eigenvalue weighted by molar-refractivity contribution is 6.00. The fourth-order valence-corrected chi connectivity index (χ4v) is 2.44. The monoisotopic (exact) mass is 267 g/mol. The van der Waals surface area contributed by atoms with Crippen molar-refractivity contribution in [3.8, 4) is 11.3 Å². The van der Waals surface area contributed by atoms with Gasteiger partial charge in [0.1, 0.15) is 11.1 Å². The number of fused-ring (bicyclic) bond motifs is 1. The van der Waals surface area contributed by atoms with Crippen LogP contribution in [0.1, 0.15) is 5.56 Å². The number of hydrogen-bond acceptors (Lipinski definition) is 3. The van der Waals surface area contributed by atoms with Crippen molar-refractivity contribution in [1.29, 1.82) is 0 Å². The van der Waals surface area contributed by atoms with Crippen LogP contribution in [0, 0.1) is 17.0 Å². The van der Waals surface area contributed by atoms with E-state index in [0.717, 1.165) is 16.6 Å². The SMILES string of the molecule is Cc1cccc(-c2nn(C)c3cccc([N+](=O)[O-])c23)c1. The fraction of sp³-hybridized carbons (Fsp3) is 0.133. The van der Waals surface area contributed by atoms with E-state index in [1.807, 2.05) is 37.3 Å². The van der Waals surface area contributed by atoms with Crippen LogP contribution >= 0.6 is 0 Å². The van der Waals surface area contributed by atoms with Crippen LogP contribution in [0.3, 0.4) is 0 Å². The van der Waals surface area contributed by atoms with Gasteiger partial charge in [-0.1, -0.05) is 29.8 Å². The molecular formula is C15H13N3O2. The van der Waals surface area contributed by atoms with E-state index in [0.29, 0.717) is 11.1 Å². The zero-order valence-electron chi connectivity index (χ0n) is 11.2. The summed E-state index contributed by atoms with van der Waals surface area (Å²) in [6.07, 6.45) is 0. The molecule has 0 amide bonds. The van der Waals surface area contributed by atoms with Crippen molar-refractivity contribution >= 4 is 16.6 Å². The maximum atomic E-state index is 11.2. The van der Waals surface area contributed by atoms with Gasteiger partial charge in [0, 0.05) is 18.7 Å². The van der Waals surface area contributed by atoms with Crippen LogP contribution in [-0.2, 0) is 7.05 Å². The molecule has 1 aromatic heterocycles. The second kappa shape index (κ2) is 4.45. The van der Waals surface area contributed by atoms with Gasteiger partial charge in [-0.05, 0) is 19.1 Å². The minimum Gasteiger partial charge on any atom is -0.267 e. The lowest BCUT2D eigenvalue weighted by Gasteiger charge is -2.00. The van der Waals surface area contributed by atoms with Crippen molar-refractivity contribution < 1.29 is 4.92 Å². The summed E-state index contributed by atoms with van der Waals surface area (Å²) in [5.74, 6) is 0. The van der Waals surface area contributed by atoms with Gasteiger partial charge in [0.05, 0.1) is 10.4 Å². The van der Waals surface area contributed by atoms with Crippen LogP contribution < -0.4 is 0 Å². The number of aromatic nitrogens is 2. The van der Waals surface area contributed by atoms with Gasteiger partial charge in [-0.2, -0.15) is 5.10 Å². The van der Waals surface area contributed by atoms with Gasteiger partial charge >= 0.3 is 0 Å². The topological polar surface area (TPSA) is 61.0 Å². The molecule has 0 aliphatic carbocycles. The Morgan fingerprint density at radius 2 is 1.95 bits per heavy atom. The Balaban J connectivity index is 2.39. The average Bonchev–Trinajstić information content (AvgIpc) is 2.76. The molecule has 1 heterocycles. The molecule has 2 aromatic carbocycles. The third kappa shape index (κ3) is 1.84. The number of nitrogens with zero attached hydrogens (tertiary/aromatic N) is 3. The quantitative estimate of drug-likeness (QED) is 0.527. The molecule has 0 aliphatic rings. The zero-order chi connectivity index (χ0) is 14.3. The van der Waals surface area contributed by atoms with E-state index in [2.05, 4.69) is 5.10 Å². The molecule has 0 spiro atoms. The predicted molar refractivity (Wildman–Crippen MR) is 77.5 cm³/mol. The summed E-state index contributed by atoms with van der Waals surface area (Å²) in [4.78, 5) is 10.9. The second-order valence-electron chi connectivity index (χ2n) is 4.77. The van der Waals surface area contributed by atoms with Gasteiger partial charge in [0.2, 0.25) is 0 Å². The molecule has 0 saturated heterocycles. The third-order valence-electron chi connectivity index (χ3n) is 3.34. The van der Waals surface area contributed by atoms with Crippen LogP contribution in [0.4, 0.5) is 5.69 Å². The van der Waals surface area contributed by atoms with Crippen molar-refractivity contribution in [2.45, 2.75) is 6.92 Å². The number of benzene rings is 2. The van der Waals surface area contributed by atoms with Gasteiger partial charge in [-0.15, -0.1) is 0 Å². The molecule has 3 aromatic rings. The first-order valence-electron chi connectivity index (χ1n) is 6.25. The van der Waals surface area contributed by atoms with Crippen LogP contribution in [0.15, 0.2) is 42.5 Å². The number of nitro benzene ring substituents is 1. The van der Waals surface area contributed by atoms with Crippen LogP contribution in [-0.4, -0.2) is 14.7 Å². The molecule has 20 heavy (non-hydrogen) atoms. The number of aryl methyl sites for hydroxylation is 2. The first-order chi connectivity index (χ1) is 9.58. The number of rotatable bonds is 2. The highest BCUT2D eigenvalue weighted by atomic mass is 16.6. The van der Waals surface area contributed by atoms with Gasteiger partial charge in [-0.3, -0.25) is 14.8 Å². The Morgan fingerprint density at radius 3 is 2.65 bits per heavy atom. The van der Waals surface area contributed by atoms with Crippen molar-refractivity contribution in [3.63, 3.8) is 0 Å². The van der Waals surface area contributed by atoms with Crippen LogP contribution in [0.5, 0.6) is 0 Å². The summed E-state index contributed by atoms with van der Waals surface area (Å²) >= 11 is 0. The minimum absolute atomic E-state index is 0.0899. The van der Waals surface area contributed by atoms with E-state index >= 15 is 0 Å². The summed E-state index contributed by atoms with van der Waals surface area (Å²) in [7, 11) is 1.80. The lowest BCUT2D eigenvalue weighted by molar-refractivity contribution is -0.383. The molecule has 0 aliphatic heterocycles. The average molecular weight is 267 g/mol. The maximum absolute atomic E-state index is 11.2. The molecule has 0 saturated carbocycles. The Labute approximate surface area is 115 Å². The predicted octanol–water partition coefficient (Wildman–Crippen LogP) is 3.46. The molecule has 0 bridgehead atoms. The second-order valence-corrected chi connectivity index (χ2v) is 4.77. The molecule has 5 nitrogen and oxygen atoms in total. The van der Waals surface area contributed by atoms with Gasteiger partial charge in [0.15, 0.2) is 0 Å². The number of hydrogen-bond donors (Lipinski definition) is 0. The highest BCUT2D eigenvalue weighted by Gasteiger charge is 2.20. The molecule has 0 atom stereocenters. The van der Waals surface area contributed by atoms with Crippen molar-refractivity contribution in [2.75, 3.05) is 0 Å². The molecule has 0 fully saturated rings. The van der Waals surface area contributed by atoms with Crippen molar-refractivity contribution in [3.05, 3.63) is 58.1 Å². The first-order valence-corrected chi connectivity index (χ1v) is 6.25. The molecular weight excluding hydrogens is 254 g/mol. The third-order valence-corrected chi connectivity index (χ3v) is 3.34.